The van der Waals surface area contributed by atoms with Crippen LogP contribution in [0.5, 0.6) is 0 Å². The normalized spacial score (nSPS) is 11.9. The summed E-state index contributed by atoms with van der Waals surface area (Å²) in [5, 5.41) is 3.75. The van der Waals surface area contributed by atoms with Crippen LogP contribution in [0.15, 0.2) is 48.7 Å². The average Bonchev–Trinajstić information content (AvgIpc) is 2.50. The molecule has 1 aromatic carbocycles. The zero-order chi connectivity index (χ0) is 15.8. The molecule has 116 valence electrons. The molecule has 0 fully saturated rings. The van der Waals surface area contributed by atoms with Crippen LogP contribution in [0.3, 0.4) is 0 Å². The lowest BCUT2D eigenvalue weighted by molar-refractivity contribution is -0.119. The van der Waals surface area contributed by atoms with Crippen molar-refractivity contribution in [1.29, 1.82) is 0 Å². The van der Waals surface area contributed by atoms with E-state index in [2.05, 4.69) is 10.3 Å². The Bertz CT molecular complexity index is 607. The molecule has 1 amide bonds. The van der Waals surface area contributed by atoms with Crippen molar-refractivity contribution in [1.82, 2.24) is 10.3 Å². The minimum absolute atomic E-state index is 0.0421. The second-order valence-electron chi connectivity index (χ2n) is 5.08. The van der Waals surface area contributed by atoms with Crippen molar-refractivity contribution in [3.05, 3.63) is 64.9 Å². The summed E-state index contributed by atoms with van der Waals surface area (Å²) < 4.78 is 0. The Morgan fingerprint density at radius 1 is 1.27 bits per heavy atom. The van der Waals surface area contributed by atoms with E-state index in [0.717, 1.165) is 28.5 Å². The lowest BCUT2D eigenvalue weighted by Crippen LogP contribution is -2.35. The number of pyridine rings is 1. The van der Waals surface area contributed by atoms with Crippen LogP contribution in [0.4, 0.5) is 0 Å². The number of thioether (sulfide) groups is 1. The first-order valence-electron chi connectivity index (χ1n) is 7.15. The molecule has 1 unspecified atom stereocenters. The summed E-state index contributed by atoms with van der Waals surface area (Å²) in [4.78, 5) is 16.2. The molecule has 5 heteroatoms. The second kappa shape index (κ2) is 8.81. The number of aromatic nitrogens is 1. The molecule has 1 aromatic heterocycles. The van der Waals surface area contributed by atoms with E-state index < -0.39 is 0 Å². The van der Waals surface area contributed by atoms with Gasteiger partial charge in [0.2, 0.25) is 5.91 Å². The Balaban J connectivity index is 1.70. The summed E-state index contributed by atoms with van der Waals surface area (Å²) in [5.41, 5.74) is 2.04. The van der Waals surface area contributed by atoms with Crippen LogP contribution >= 0.6 is 23.4 Å². The summed E-state index contributed by atoms with van der Waals surface area (Å²) in [6, 6.07) is 13.6. The van der Waals surface area contributed by atoms with Gasteiger partial charge in [-0.25, -0.2) is 0 Å². The summed E-state index contributed by atoms with van der Waals surface area (Å²) in [7, 11) is 0. The van der Waals surface area contributed by atoms with E-state index in [1.165, 1.54) is 0 Å². The largest absolute Gasteiger partial charge is 0.353 e. The highest BCUT2D eigenvalue weighted by molar-refractivity contribution is 7.99. The molecule has 0 saturated carbocycles. The monoisotopic (exact) mass is 334 g/mol. The highest BCUT2D eigenvalue weighted by Gasteiger charge is 2.09. The van der Waals surface area contributed by atoms with Crippen LogP contribution in [-0.4, -0.2) is 22.7 Å². The number of benzene rings is 1. The number of amides is 1. The van der Waals surface area contributed by atoms with Gasteiger partial charge >= 0.3 is 0 Å². The number of carbonyl (C=O) groups is 1. The molecule has 0 bridgehead atoms. The molecule has 3 nitrogen and oxygen atoms in total. The van der Waals surface area contributed by atoms with Crippen molar-refractivity contribution in [2.24, 2.45) is 0 Å². The fourth-order valence-corrected chi connectivity index (χ4v) is 3.19. The first kappa shape index (κ1) is 16.8. The van der Waals surface area contributed by atoms with E-state index in [-0.39, 0.29) is 11.9 Å². The first-order valence-corrected chi connectivity index (χ1v) is 8.69. The van der Waals surface area contributed by atoms with Gasteiger partial charge in [-0.1, -0.05) is 35.9 Å². The molecule has 22 heavy (non-hydrogen) atoms. The molecule has 0 saturated heterocycles. The van der Waals surface area contributed by atoms with Crippen LogP contribution in [0.1, 0.15) is 18.2 Å². The van der Waals surface area contributed by atoms with Crippen molar-refractivity contribution in [3.63, 3.8) is 0 Å². The molecule has 2 aromatic rings. The molecule has 0 aliphatic heterocycles. The Kier molecular flexibility index (Phi) is 6.74. The zero-order valence-electron chi connectivity index (χ0n) is 12.5. The third-order valence-electron chi connectivity index (χ3n) is 3.10. The van der Waals surface area contributed by atoms with Crippen molar-refractivity contribution in [2.75, 3.05) is 5.75 Å². The third kappa shape index (κ3) is 5.70. The lowest BCUT2D eigenvalue weighted by Gasteiger charge is -2.13. The standard InChI is InChI=1S/C17H19ClN2OS/c1-13(10-15-7-4-5-9-19-15)20-17(21)12-22-11-14-6-2-3-8-16(14)18/h2-9,13H,10-12H2,1H3,(H,20,21). The van der Waals surface area contributed by atoms with Crippen LogP contribution in [0, 0.1) is 0 Å². The van der Waals surface area contributed by atoms with Gasteiger partial charge in [-0.05, 0) is 30.7 Å². The smallest absolute Gasteiger partial charge is 0.230 e. The number of nitrogens with zero attached hydrogens (tertiary/aromatic N) is 1. The Morgan fingerprint density at radius 3 is 2.77 bits per heavy atom. The van der Waals surface area contributed by atoms with Crippen molar-refractivity contribution < 1.29 is 4.79 Å². The van der Waals surface area contributed by atoms with Crippen molar-refractivity contribution in [3.8, 4) is 0 Å². The van der Waals surface area contributed by atoms with E-state index >= 15 is 0 Å². The number of rotatable bonds is 7. The number of hydrogen-bond acceptors (Lipinski definition) is 3. The van der Waals surface area contributed by atoms with E-state index in [1.54, 1.807) is 18.0 Å². The maximum Gasteiger partial charge on any atom is 0.230 e. The van der Waals surface area contributed by atoms with Gasteiger partial charge in [0.1, 0.15) is 0 Å². The molecule has 1 atom stereocenters. The Hall–Kier alpha value is -1.52. The van der Waals surface area contributed by atoms with Gasteiger partial charge in [-0.2, -0.15) is 0 Å². The molecular weight excluding hydrogens is 316 g/mol. The van der Waals surface area contributed by atoms with Crippen molar-refractivity contribution in [2.45, 2.75) is 25.1 Å². The topological polar surface area (TPSA) is 42.0 Å². The first-order chi connectivity index (χ1) is 10.6. The summed E-state index contributed by atoms with van der Waals surface area (Å²) in [5.74, 6) is 1.21. The molecule has 2 rings (SSSR count). The molecular formula is C17H19ClN2OS. The summed E-state index contributed by atoms with van der Waals surface area (Å²) in [6.45, 7) is 1.99. The lowest BCUT2D eigenvalue weighted by atomic mass is 10.1. The SMILES string of the molecule is CC(Cc1ccccn1)NC(=O)CSCc1ccccc1Cl. The molecule has 1 heterocycles. The molecule has 0 aliphatic carbocycles. The summed E-state index contributed by atoms with van der Waals surface area (Å²) in [6.07, 6.45) is 2.51. The fraction of sp³-hybridized carbons (Fsp3) is 0.294. The van der Waals surface area contributed by atoms with Crippen LogP contribution < -0.4 is 5.32 Å². The minimum atomic E-state index is 0.0421. The highest BCUT2D eigenvalue weighted by Crippen LogP contribution is 2.20. The molecule has 0 aliphatic rings. The predicted octanol–water partition coefficient (Wildman–Crippen LogP) is 3.72. The quantitative estimate of drug-likeness (QED) is 0.839. The van der Waals surface area contributed by atoms with Gasteiger partial charge in [0.05, 0.1) is 5.75 Å². The number of hydrogen-bond donors (Lipinski definition) is 1. The van der Waals surface area contributed by atoms with E-state index in [9.17, 15) is 4.79 Å². The van der Waals surface area contributed by atoms with Gasteiger partial charge in [-0.15, -0.1) is 11.8 Å². The van der Waals surface area contributed by atoms with Gasteiger partial charge in [-0.3, -0.25) is 9.78 Å². The maximum absolute atomic E-state index is 11.9. The molecule has 0 radical (unpaired) electrons. The number of halogens is 1. The fourth-order valence-electron chi connectivity index (χ4n) is 2.07. The molecule has 0 spiro atoms. The zero-order valence-corrected chi connectivity index (χ0v) is 14.0. The predicted molar refractivity (Wildman–Crippen MR) is 93.2 cm³/mol. The van der Waals surface area contributed by atoms with E-state index in [0.29, 0.717) is 5.75 Å². The highest BCUT2D eigenvalue weighted by atomic mass is 35.5. The van der Waals surface area contributed by atoms with Crippen LogP contribution in [0.2, 0.25) is 5.02 Å². The van der Waals surface area contributed by atoms with E-state index in [4.69, 9.17) is 11.6 Å². The minimum Gasteiger partial charge on any atom is -0.353 e. The average molecular weight is 335 g/mol. The number of nitrogens with one attached hydrogen (secondary N) is 1. The maximum atomic E-state index is 11.9. The van der Waals surface area contributed by atoms with Crippen molar-refractivity contribution >= 4 is 29.3 Å². The third-order valence-corrected chi connectivity index (χ3v) is 4.45. The van der Waals surface area contributed by atoms with Gasteiger partial charge in [0.25, 0.3) is 0 Å². The Labute approximate surface area is 140 Å². The van der Waals surface area contributed by atoms with Crippen LogP contribution in [-0.2, 0) is 17.0 Å². The summed E-state index contributed by atoms with van der Waals surface area (Å²) >= 11 is 7.66. The van der Waals surface area contributed by atoms with Gasteiger partial charge < -0.3 is 5.32 Å². The second-order valence-corrected chi connectivity index (χ2v) is 6.47. The van der Waals surface area contributed by atoms with Gasteiger partial charge in [0, 0.05) is 35.1 Å². The van der Waals surface area contributed by atoms with Crippen LogP contribution in [0.25, 0.3) is 0 Å². The van der Waals surface area contributed by atoms with E-state index in [1.807, 2.05) is 49.4 Å². The molecule has 1 N–H and O–H groups in total. The van der Waals surface area contributed by atoms with Gasteiger partial charge in [0.15, 0.2) is 0 Å². The number of carbonyl (C=O) groups excluding carboxylic acids is 1. The Morgan fingerprint density at radius 2 is 2.05 bits per heavy atom.